The summed E-state index contributed by atoms with van der Waals surface area (Å²) in [6.45, 7) is 4.07. The molecule has 6 aromatic heterocycles. The normalized spacial score (nSPS) is 11.4. The molecule has 0 aliphatic heterocycles. The summed E-state index contributed by atoms with van der Waals surface area (Å²) in [6.07, 6.45) is 2.98. The molecule has 0 spiro atoms. The second-order valence-corrected chi connectivity index (χ2v) is 21.8. The van der Waals surface area contributed by atoms with Gasteiger partial charge in [0.1, 0.15) is 59.8 Å². The Morgan fingerprint density at radius 1 is 0.430 bits per heavy atom. The lowest BCUT2D eigenvalue weighted by molar-refractivity contribution is 0.0397. The van der Waals surface area contributed by atoms with Crippen LogP contribution in [0.4, 0.5) is 26.3 Å². The highest BCUT2D eigenvalue weighted by Crippen LogP contribution is 2.33. The Labute approximate surface area is 528 Å². The first-order valence-corrected chi connectivity index (χ1v) is 29.4. The number of hydrogen-bond acceptors (Lipinski definition) is 13. The van der Waals surface area contributed by atoms with Gasteiger partial charge in [-0.3, -0.25) is 9.97 Å². The number of esters is 2. The highest BCUT2D eigenvalue weighted by molar-refractivity contribution is 6.05. The lowest BCUT2D eigenvalue weighted by Gasteiger charge is -2.12. The third kappa shape index (κ3) is 13.6. The van der Waals surface area contributed by atoms with Crippen molar-refractivity contribution >= 4 is 34.0 Å². The lowest BCUT2D eigenvalue weighted by Crippen LogP contribution is -2.14. The summed E-state index contributed by atoms with van der Waals surface area (Å²) in [7, 11) is 2.99. The van der Waals surface area contributed by atoms with Crippen molar-refractivity contribution in [3.63, 3.8) is 0 Å². The van der Waals surface area contributed by atoms with Crippen molar-refractivity contribution in [1.82, 2.24) is 39.0 Å². The molecule has 0 fully saturated rings. The second-order valence-electron chi connectivity index (χ2n) is 21.8. The molecule has 0 bridgehead atoms. The predicted molar refractivity (Wildman–Crippen MR) is 335 cm³/mol. The molecule has 468 valence electrons. The fourth-order valence-corrected chi connectivity index (χ4v) is 11.0. The molecular formula is C72H56F6N8O7. The van der Waals surface area contributed by atoms with E-state index in [-0.39, 0.29) is 120 Å². The second kappa shape index (κ2) is 27.3. The van der Waals surface area contributed by atoms with E-state index in [2.05, 4.69) is 19.9 Å². The maximum absolute atomic E-state index is 16.1. The van der Waals surface area contributed by atoms with Gasteiger partial charge in [0.15, 0.2) is 0 Å². The van der Waals surface area contributed by atoms with Crippen LogP contribution < -0.4 is 9.47 Å². The van der Waals surface area contributed by atoms with Crippen LogP contribution in [0.5, 0.6) is 11.8 Å². The number of pyridine rings is 4. The summed E-state index contributed by atoms with van der Waals surface area (Å²) in [5, 5.41) is 0. The molecule has 0 unspecified atom stereocenters. The minimum absolute atomic E-state index is 0.0167. The van der Waals surface area contributed by atoms with Gasteiger partial charge in [0.2, 0.25) is 11.8 Å². The first kappa shape index (κ1) is 62.3. The molecular weight excluding hydrogens is 1200 g/mol. The van der Waals surface area contributed by atoms with Gasteiger partial charge < -0.3 is 32.8 Å². The zero-order valence-electron chi connectivity index (χ0n) is 50.5. The number of carbonyl (C=O) groups is 2. The van der Waals surface area contributed by atoms with Crippen LogP contribution in [0.1, 0.15) is 66.0 Å². The summed E-state index contributed by atoms with van der Waals surface area (Å²) in [6, 6.07) is 39.1. The molecule has 0 aliphatic carbocycles. The molecule has 0 aliphatic rings. The minimum atomic E-state index is -0.995. The fourth-order valence-electron chi connectivity index (χ4n) is 11.0. The molecule has 12 aromatic rings. The summed E-state index contributed by atoms with van der Waals surface area (Å²) < 4.78 is 126. The number of aryl methyl sites for hydroxylation is 2. The van der Waals surface area contributed by atoms with Crippen molar-refractivity contribution in [2.24, 2.45) is 0 Å². The van der Waals surface area contributed by atoms with Crippen molar-refractivity contribution in [3.8, 4) is 56.5 Å². The molecule has 21 heteroatoms. The van der Waals surface area contributed by atoms with E-state index in [1.54, 1.807) is 82.2 Å². The minimum Gasteiger partial charge on any atom is -0.473 e. The zero-order valence-corrected chi connectivity index (χ0v) is 50.5. The third-order valence-corrected chi connectivity index (χ3v) is 15.8. The van der Waals surface area contributed by atoms with Crippen molar-refractivity contribution in [1.29, 1.82) is 0 Å². The van der Waals surface area contributed by atoms with E-state index in [1.807, 2.05) is 26.0 Å². The number of fused-ring (bicyclic) bond motifs is 2. The van der Waals surface area contributed by atoms with Crippen molar-refractivity contribution in [3.05, 3.63) is 261 Å². The number of benzene rings is 6. The highest BCUT2D eigenvalue weighted by atomic mass is 19.1. The fraction of sp³-hybridized carbons (Fsp3) is 0.167. The Bertz CT molecular complexity index is 4550. The van der Waals surface area contributed by atoms with Gasteiger partial charge in [-0.05, 0) is 133 Å². The van der Waals surface area contributed by atoms with Crippen LogP contribution in [-0.2, 0) is 53.4 Å². The van der Waals surface area contributed by atoms with Gasteiger partial charge in [-0.15, -0.1) is 0 Å². The highest BCUT2D eigenvalue weighted by Gasteiger charge is 2.24. The van der Waals surface area contributed by atoms with E-state index in [1.165, 1.54) is 74.9 Å². The monoisotopic (exact) mass is 1260 g/mol. The lowest BCUT2D eigenvalue weighted by atomic mass is 10.0. The van der Waals surface area contributed by atoms with Gasteiger partial charge in [0.05, 0.1) is 57.8 Å². The van der Waals surface area contributed by atoms with Crippen LogP contribution in [0, 0.1) is 48.8 Å². The molecule has 6 heterocycles. The Morgan fingerprint density at radius 2 is 0.860 bits per heavy atom. The molecule has 0 amide bonds. The van der Waals surface area contributed by atoms with Crippen molar-refractivity contribution in [2.45, 2.75) is 53.0 Å². The van der Waals surface area contributed by atoms with Crippen molar-refractivity contribution in [2.75, 3.05) is 27.4 Å². The largest absolute Gasteiger partial charge is 0.473 e. The summed E-state index contributed by atoms with van der Waals surface area (Å²) >= 11 is 0. The number of hydrogen-bond donors (Lipinski definition) is 0. The summed E-state index contributed by atoms with van der Waals surface area (Å²) in [4.78, 5) is 54.4. The average molecular weight is 1260 g/mol. The molecule has 15 nitrogen and oxygen atoms in total. The van der Waals surface area contributed by atoms with Crippen LogP contribution in [0.25, 0.3) is 66.8 Å². The average Bonchev–Trinajstić information content (AvgIpc) is 1.69. The molecule has 93 heavy (non-hydrogen) atoms. The quantitative estimate of drug-likeness (QED) is 0.0357. The number of nitrogens with zero attached hydrogens (tertiary/aromatic N) is 8. The Kier molecular flexibility index (Phi) is 18.3. The first-order valence-electron chi connectivity index (χ1n) is 29.4. The van der Waals surface area contributed by atoms with Gasteiger partial charge in [0, 0.05) is 109 Å². The SMILES string of the molecule is COCCn1c(Cc2cc(F)c(-c3cccc(OCc4ccc(-c5cccnc5C)cc4F)n3)cc2F)nc2ccc(C(=O)OC(=O)c3ccc4nc(Cc5cc(F)c(-c6cccc(OCc7ccc(-c8cccnc8C)cc7F)n6)cc5F)n(CCOC)c4c3)cc21. The smallest absolute Gasteiger partial charge is 0.346 e. The molecule has 12 rings (SSSR count). The van der Waals surface area contributed by atoms with E-state index in [9.17, 15) is 9.59 Å². The molecule has 0 atom stereocenters. The first-order chi connectivity index (χ1) is 45.1. The zero-order chi connectivity index (χ0) is 64.9. The number of halogens is 6. The van der Waals surface area contributed by atoms with Crippen LogP contribution in [0.3, 0.4) is 0 Å². The van der Waals surface area contributed by atoms with E-state index >= 15 is 26.3 Å². The van der Waals surface area contributed by atoms with Crippen LogP contribution >= 0.6 is 0 Å². The molecule has 6 aromatic carbocycles. The Hall–Kier alpha value is -10.9. The number of rotatable bonds is 22. The third-order valence-electron chi connectivity index (χ3n) is 15.8. The number of methoxy groups -OCH3 is 2. The summed E-state index contributed by atoms with van der Waals surface area (Å²) in [5.41, 5.74) is 6.41. The number of ether oxygens (including phenoxy) is 5. The van der Waals surface area contributed by atoms with E-state index in [0.717, 1.165) is 46.8 Å². The Balaban J connectivity index is 0.716. The van der Waals surface area contributed by atoms with Crippen LogP contribution in [-0.4, -0.2) is 78.4 Å². The van der Waals surface area contributed by atoms with Gasteiger partial charge in [-0.2, -0.15) is 0 Å². The molecule has 0 radical (unpaired) electrons. The molecule has 0 saturated heterocycles. The van der Waals surface area contributed by atoms with E-state index in [4.69, 9.17) is 33.7 Å². The molecule has 0 saturated carbocycles. The van der Waals surface area contributed by atoms with Crippen LogP contribution in [0.15, 0.2) is 170 Å². The van der Waals surface area contributed by atoms with Gasteiger partial charge >= 0.3 is 11.9 Å². The van der Waals surface area contributed by atoms with Crippen LogP contribution in [0.2, 0.25) is 0 Å². The van der Waals surface area contributed by atoms with Gasteiger partial charge in [0.25, 0.3) is 0 Å². The summed E-state index contributed by atoms with van der Waals surface area (Å²) in [5.74, 6) is -5.26. The topological polar surface area (TPSA) is 167 Å². The van der Waals surface area contributed by atoms with Gasteiger partial charge in [-0.1, -0.05) is 48.5 Å². The van der Waals surface area contributed by atoms with E-state index in [0.29, 0.717) is 44.8 Å². The number of imidazole rings is 2. The maximum atomic E-state index is 16.1. The molecule has 0 N–H and O–H groups in total. The standard InChI is InChI=1S/C72H56F6N8O7/c1-41-51(9-7-23-79-41)43-15-17-47(55(73)29-43)39-91-69-13-5-11-61(83-69)53-37-57(75)49(31-59(53)77)35-67-81-63-21-19-45(33-65(63)85(67)25-27-89-3)71(87)93-72(88)46-20-22-64-66(34-46)86(26-28-90-4)68(82-64)36-50-32-60(78)54(38-58(50)76)62-12-6-14-70(84-62)92-40-48-18-16-44(30-56(48)74)52-10-8-24-80-42(52)2/h5-24,29-34,37-38H,25-28,35-36,39-40H2,1-4H3. The van der Waals surface area contributed by atoms with Crippen molar-refractivity contribution < 1.29 is 59.6 Å². The number of carbonyl (C=O) groups excluding carboxylic acids is 2. The van der Waals surface area contributed by atoms with E-state index < -0.39 is 46.8 Å². The Morgan fingerprint density at radius 3 is 1.27 bits per heavy atom. The maximum Gasteiger partial charge on any atom is 0.346 e. The van der Waals surface area contributed by atoms with Gasteiger partial charge in [-0.25, -0.2) is 55.9 Å². The predicted octanol–water partition coefficient (Wildman–Crippen LogP) is 14.7. The number of aromatic nitrogens is 8.